The predicted molar refractivity (Wildman–Crippen MR) is 108 cm³/mol. The number of rotatable bonds is 5. The maximum Gasteiger partial charge on any atom is 0.226 e. The summed E-state index contributed by atoms with van der Waals surface area (Å²) in [7, 11) is 1.94. The number of aromatic nitrogens is 3. The summed E-state index contributed by atoms with van der Waals surface area (Å²) >= 11 is 0. The first-order valence-electron chi connectivity index (χ1n) is 9.84. The summed E-state index contributed by atoms with van der Waals surface area (Å²) in [6.07, 6.45) is 6.30. The first-order valence-corrected chi connectivity index (χ1v) is 9.84. The number of aryl methyl sites for hydroxylation is 3. The van der Waals surface area contributed by atoms with Gasteiger partial charge in [-0.25, -0.2) is 0 Å². The second kappa shape index (κ2) is 7.97. The molecule has 1 amide bonds. The third-order valence-corrected chi connectivity index (χ3v) is 5.56. The molecule has 0 saturated heterocycles. The van der Waals surface area contributed by atoms with Crippen molar-refractivity contribution in [2.75, 3.05) is 0 Å². The molecule has 5 heteroatoms. The van der Waals surface area contributed by atoms with Crippen molar-refractivity contribution in [3.8, 4) is 0 Å². The largest absolute Gasteiger partial charge is 0.332 e. The van der Waals surface area contributed by atoms with E-state index in [1.807, 2.05) is 41.9 Å². The highest BCUT2D eigenvalue weighted by molar-refractivity contribution is 5.79. The van der Waals surface area contributed by atoms with E-state index in [1.165, 1.54) is 11.1 Å². The molecule has 1 atom stereocenters. The minimum absolute atomic E-state index is 0.0286. The normalized spacial score (nSPS) is 15.9. The SMILES string of the molecule is Cc1cc(CN(Cc2cccnc2)C(=O)[C@@H]2CCc3ccccc3C2)n(C)n1. The number of carbonyl (C=O) groups is 1. The van der Waals surface area contributed by atoms with E-state index in [1.54, 1.807) is 6.20 Å². The quantitative estimate of drug-likeness (QED) is 0.687. The summed E-state index contributed by atoms with van der Waals surface area (Å²) in [6.45, 7) is 3.10. The van der Waals surface area contributed by atoms with Crippen LogP contribution in [0.3, 0.4) is 0 Å². The van der Waals surface area contributed by atoms with Gasteiger partial charge in [0.1, 0.15) is 0 Å². The Morgan fingerprint density at radius 1 is 1.18 bits per heavy atom. The molecule has 1 aromatic carbocycles. The van der Waals surface area contributed by atoms with Crippen molar-refractivity contribution in [2.45, 2.75) is 39.3 Å². The molecule has 2 aromatic heterocycles. The first-order chi connectivity index (χ1) is 13.6. The summed E-state index contributed by atoms with van der Waals surface area (Å²) in [5, 5.41) is 4.44. The Hall–Kier alpha value is -2.95. The van der Waals surface area contributed by atoms with Gasteiger partial charge in [-0.3, -0.25) is 14.5 Å². The van der Waals surface area contributed by atoms with Gasteiger partial charge in [-0.05, 0) is 55.0 Å². The van der Waals surface area contributed by atoms with E-state index in [4.69, 9.17) is 0 Å². The van der Waals surface area contributed by atoms with Crippen molar-refractivity contribution < 1.29 is 4.79 Å². The summed E-state index contributed by atoms with van der Waals surface area (Å²) in [5.41, 5.74) is 5.76. The van der Waals surface area contributed by atoms with Crippen LogP contribution >= 0.6 is 0 Å². The van der Waals surface area contributed by atoms with Crippen molar-refractivity contribution in [3.05, 3.63) is 82.9 Å². The molecule has 0 N–H and O–H groups in total. The van der Waals surface area contributed by atoms with E-state index < -0.39 is 0 Å². The number of hydrogen-bond donors (Lipinski definition) is 0. The zero-order valence-electron chi connectivity index (χ0n) is 16.5. The van der Waals surface area contributed by atoms with Crippen LogP contribution in [-0.2, 0) is 37.8 Å². The maximum absolute atomic E-state index is 13.5. The average Bonchev–Trinajstić information content (AvgIpc) is 3.04. The molecule has 0 fully saturated rings. The van der Waals surface area contributed by atoms with Crippen LogP contribution in [0.25, 0.3) is 0 Å². The van der Waals surface area contributed by atoms with E-state index in [9.17, 15) is 4.79 Å². The number of hydrogen-bond acceptors (Lipinski definition) is 3. The van der Waals surface area contributed by atoms with Gasteiger partial charge in [-0.2, -0.15) is 5.10 Å². The molecule has 0 radical (unpaired) electrons. The fraction of sp³-hybridized carbons (Fsp3) is 0.348. The molecule has 1 aliphatic carbocycles. The van der Waals surface area contributed by atoms with Crippen molar-refractivity contribution in [1.82, 2.24) is 19.7 Å². The Morgan fingerprint density at radius 2 is 2.00 bits per heavy atom. The van der Waals surface area contributed by atoms with E-state index in [0.29, 0.717) is 13.1 Å². The number of amides is 1. The van der Waals surface area contributed by atoms with Crippen LogP contribution in [0.1, 0.15) is 34.5 Å². The minimum Gasteiger partial charge on any atom is -0.332 e. The monoisotopic (exact) mass is 374 g/mol. The highest BCUT2D eigenvalue weighted by atomic mass is 16.2. The van der Waals surface area contributed by atoms with Crippen LogP contribution in [0.4, 0.5) is 0 Å². The Bertz CT molecular complexity index is 964. The zero-order chi connectivity index (χ0) is 19.5. The number of fused-ring (bicyclic) bond motifs is 1. The third-order valence-electron chi connectivity index (χ3n) is 5.56. The summed E-state index contributed by atoms with van der Waals surface area (Å²) in [4.78, 5) is 19.7. The lowest BCUT2D eigenvalue weighted by atomic mass is 9.83. The van der Waals surface area contributed by atoms with Gasteiger partial charge >= 0.3 is 0 Å². The van der Waals surface area contributed by atoms with Gasteiger partial charge in [0.2, 0.25) is 5.91 Å². The Labute approximate surface area is 166 Å². The molecule has 4 rings (SSSR count). The number of benzene rings is 1. The molecule has 1 aliphatic rings. The molecule has 28 heavy (non-hydrogen) atoms. The molecule has 0 bridgehead atoms. The van der Waals surface area contributed by atoms with Crippen molar-refractivity contribution >= 4 is 5.91 Å². The number of pyridine rings is 1. The highest BCUT2D eigenvalue weighted by Crippen LogP contribution is 2.27. The van der Waals surface area contributed by atoms with Gasteiger partial charge in [-0.1, -0.05) is 30.3 Å². The lowest BCUT2D eigenvalue weighted by Gasteiger charge is -2.30. The van der Waals surface area contributed by atoms with E-state index in [0.717, 1.165) is 36.2 Å². The fourth-order valence-electron chi connectivity index (χ4n) is 4.10. The average molecular weight is 374 g/mol. The smallest absolute Gasteiger partial charge is 0.226 e. The molecular weight excluding hydrogens is 348 g/mol. The van der Waals surface area contributed by atoms with Gasteiger partial charge in [0, 0.05) is 31.9 Å². The molecule has 2 heterocycles. The van der Waals surface area contributed by atoms with E-state index in [-0.39, 0.29) is 11.8 Å². The molecule has 0 saturated carbocycles. The van der Waals surface area contributed by atoms with E-state index >= 15 is 0 Å². The zero-order valence-corrected chi connectivity index (χ0v) is 16.5. The van der Waals surface area contributed by atoms with Gasteiger partial charge in [0.15, 0.2) is 0 Å². The molecule has 0 unspecified atom stereocenters. The van der Waals surface area contributed by atoms with Crippen LogP contribution in [0.5, 0.6) is 0 Å². The summed E-state index contributed by atoms with van der Waals surface area (Å²) in [6, 6.07) is 14.5. The van der Waals surface area contributed by atoms with Crippen molar-refractivity contribution in [2.24, 2.45) is 13.0 Å². The molecule has 0 aliphatic heterocycles. The maximum atomic E-state index is 13.5. The first kappa shape index (κ1) is 18.4. The Balaban J connectivity index is 1.57. The van der Waals surface area contributed by atoms with Crippen LogP contribution in [0.15, 0.2) is 54.9 Å². The Kier molecular flexibility index (Phi) is 5.24. The Morgan fingerprint density at radius 3 is 2.71 bits per heavy atom. The van der Waals surface area contributed by atoms with Crippen LogP contribution < -0.4 is 0 Å². The lowest BCUT2D eigenvalue weighted by molar-refractivity contribution is -0.137. The molecule has 5 nitrogen and oxygen atoms in total. The van der Waals surface area contributed by atoms with E-state index in [2.05, 4.69) is 40.4 Å². The van der Waals surface area contributed by atoms with Crippen LogP contribution in [-0.4, -0.2) is 25.6 Å². The van der Waals surface area contributed by atoms with Gasteiger partial charge in [-0.15, -0.1) is 0 Å². The second-order valence-corrected chi connectivity index (χ2v) is 7.66. The highest BCUT2D eigenvalue weighted by Gasteiger charge is 2.29. The van der Waals surface area contributed by atoms with Crippen LogP contribution in [0, 0.1) is 12.8 Å². The third kappa shape index (κ3) is 3.98. The molecule has 3 aromatic rings. The minimum atomic E-state index is 0.0286. The topological polar surface area (TPSA) is 51.0 Å². The standard InChI is InChI=1S/C23H26N4O/c1-17-12-22(26(2)25-17)16-27(15-18-6-5-11-24-14-18)23(28)21-10-9-19-7-3-4-8-20(19)13-21/h3-8,11-12,14,21H,9-10,13,15-16H2,1-2H3/t21-/m1/s1. The van der Waals surface area contributed by atoms with Crippen molar-refractivity contribution in [3.63, 3.8) is 0 Å². The second-order valence-electron chi connectivity index (χ2n) is 7.66. The molecule has 0 spiro atoms. The van der Waals surface area contributed by atoms with Crippen molar-refractivity contribution in [1.29, 1.82) is 0 Å². The predicted octanol–water partition coefficient (Wildman–Crippen LogP) is 3.46. The van der Waals surface area contributed by atoms with Gasteiger partial charge in [0.05, 0.1) is 17.9 Å². The van der Waals surface area contributed by atoms with Gasteiger partial charge in [0.25, 0.3) is 0 Å². The fourth-order valence-corrected chi connectivity index (χ4v) is 4.10. The molecular formula is C23H26N4O. The van der Waals surface area contributed by atoms with Crippen LogP contribution in [0.2, 0.25) is 0 Å². The summed E-state index contributed by atoms with van der Waals surface area (Å²) < 4.78 is 1.87. The van der Waals surface area contributed by atoms with Gasteiger partial charge < -0.3 is 4.90 Å². The lowest BCUT2D eigenvalue weighted by Crippen LogP contribution is -2.38. The summed E-state index contributed by atoms with van der Waals surface area (Å²) in [5.74, 6) is 0.248. The molecule has 144 valence electrons. The number of nitrogens with zero attached hydrogens (tertiary/aromatic N) is 4. The number of carbonyl (C=O) groups excluding carboxylic acids is 1.